The molecule has 0 aliphatic heterocycles. The lowest BCUT2D eigenvalue weighted by Gasteiger charge is -2.00. The molecular weight excluding hydrogens is 225 g/mol. The second-order valence-corrected chi connectivity index (χ2v) is 6.05. The first kappa shape index (κ1) is 10.1. The van der Waals surface area contributed by atoms with Gasteiger partial charge >= 0.3 is 0 Å². The van der Waals surface area contributed by atoms with Crippen LogP contribution in [0.15, 0.2) is 0 Å². The summed E-state index contributed by atoms with van der Waals surface area (Å²) in [5, 5.41) is 0. The molecule has 0 aromatic heterocycles. The summed E-state index contributed by atoms with van der Waals surface area (Å²) in [6.07, 6.45) is 1.20. The molecule has 1 aliphatic rings. The average Bonchev–Trinajstić information content (AvgIpc) is 2.35. The van der Waals surface area contributed by atoms with E-state index in [1.807, 2.05) is 0 Å². The van der Waals surface area contributed by atoms with Crippen LogP contribution in [0.25, 0.3) is 0 Å². The molecule has 1 aliphatic carbocycles. The van der Waals surface area contributed by atoms with Crippen molar-refractivity contribution in [3.05, 3.63) is 0 Å². The minimum atomic E-state index is -3.50. The SMILES string of the molecule is CS(=O)(=O)NC(=O)C1CC1(Cl)Cl. The van der Waals surface area contributed by atoms with Gasteiger partial charge in [-0.2, -0.15) is 0 Å². The van der Waals surface area contributed by atoms with Crippen molar-refractivity contribution in [3.63, 3.8) is 0 Å². The Bertz CT molecular complexity index is 311. The number of alkyl halides is 2. The van der Waals surface area contributed by atoms with E-state index in [9.17, 15) is 13.2 Å². The Kier molecular flexibility index (Phi) is 2.31. The molecule has 1 amide bonds. The van der Waals surface area contributed by atoms with E-state index in [2.05, 4.69) is 0 Å². The minimum absolute atomic E-state index is 0.303. The predicted molar refractivity (Wildman–Crippen MR) is 45.5 cm³/mol. The number of nitrogens with one attached hydrogen (secondary N) is 1. The van der Waals surface area contributed by atoms with Crippen LogP contribution in [0, 0.1) is 5.92 Å². The van der Waals surface area contributed by atoms with Crippen LogP contribution in [-0.4, -0.2) is 24.9 Å². The molecule has 0 aromatic rings. The van der Waals surface area contributed by atoms with Crippen LogP contribution in [0.1, 0.15) is 6.42 Å². The lowest BCUT2D eigenvalue weighted by molar-refractivity contribution is -0.120. The molecule has 1 unspecified atom stereocenters. The largest absolute Gasteiger partial charge is 0.274 e. The molecule has 1 fully saturated rings. The highest BCUT2D eigenvalue weighted by Gasteiger charge is 2.56. The maximum absolute atomic E-state index is 11.0. The van der Waals surface area contributed by atoms with Gasteiger partial charge in [0.15, 0.2) is 0 Å². The summed E-state index contributed by atoms with van der Waals surface area (Å²) in [6.45, 7) is 0. The Morgan fingerprint density at radius 2 is 2.00 bits per heavy atom. The standard InChI is InChI=1S/C5H7Cl2NO3S/c1-12(10,11)8-4(9)3-2-5(3,6)7/h3H,2H2,1H3,(H,8,9). The number of sulfonamides is 1. The number of carbonyl (C=O) groups excluding carboxylic acids is 1. The molecule has 1 atom stereocenters. The van der Waals surface area contributed by atoms with Crippen molar-refractivity contribution in [2.45, 2.75) is 10.8 Å². The first-order valence-corrected chi connectivity index (χ1v) is 5.76. The van der Waals surface area contributed by atoms with Crippen molar-refractivity contribution in [2.75, 3.05) is 6.26 Å². The normalized spacial score (nSPS) is 26.4. The second-order valence-electron chi connectivity index (χ2n) is 2.76. The van der Waals surface area contributed by atoms with Gasteiger partial charge in [-0.15, -0.1) is 23.2 Å². The highest BCUT2D eigenvalue weighted by Crippen LogP contribution is 2.53. The van der Waals surface area contributed by atoms with Crippen LogP contribution < -0.4 is 4.72 Å². The quantitative estimate of drug-likeness (QED) is 0.694. The van der Waals surface area contributed by atoms with Crippen LogP contribution in [0.3, 0.4) is 0 Å². The lowest BCUT2D eigenvalue weighted by Crippen LogP contribution is -2.31. The molecule has 0 aromatic carbocycles. The van der Waals surface area contributed by atoms with Crippen LogP contribution in [0.5, 0.6) is 0 Å². The second kappa shape index (κ2) is 2.75. The van der Waals surface area contributed by atoms with Crippen molar-refractivity contribution < 1.29 is 13.2 Å². The van der Waals surface area contributed by atoms with E-state index in [-0.39, 0.29) is 0 Å². The summed E-state index contributed by atoms with van der Waals surface area (Å²) in [5.74, 6) is -1.24. The highest BCUT2D eigenvalue weighted by atomic mass is 35.5. The van der Waals surface area contributed by atoms with Gasteiger partial charge in [-0.05, 0) is 6.42 Å². The van der Waals surface area contributed by atoms with Crippen molar-refractivity contribution in [3.8, 4) is 0 Å². The zero-order chi connectivity index (χ0) is 9.57. The first-order valence-electron chi connectivity index (χ1n) is 3.12. The molecule has 0 heterocycles. The van der Waals surface area contributed by atoms with Gasteiger partial charge in [0.25, 0.3) is 0 Å². The van der Waals surface area contributed by atoms with Crippen LogP contribution in [-0.2, 0) is 14.8 Å². The van der Waals surface area contributed by atoms with Gasteiger partial charge in [-0.1, -0.05) is 0 Å². The Labute approximate surface area is 80.3 Å². The van der Waals surface area contributed by atoms with E-state index in [4.69, 9.17) is 23.2 Å². The third-order valence-corrected chi connectivity index (χ3v) is 2.84. The van der Waals surface area contributed by atoms with Gasteiger partial charge in [0.1, 0.15) is 4.33 Å². The summed E-state index contributed by atoms with van der Waals surface area (Å²) in [6, 6.07) is 0. The monoisotopic (exact) mass is 231 g/mol. The van der Waals surface area contributed by atoms with E-state index in [1.165, 1.54) is 0 Å². The summed E-state index contributed by atoms with van der Waals surface area (Å²) in [7, 11) is -3.50. The Morgan fingerprint density at radius 3 is 2.25 bits per heavy atom. The zero-order valence-corrected chi connectivity index (χ0v) is 8.50. The number of carbonyl (C=O) groups is 1. The van der Waals surface area contributed by atoms with Crippen molar-refractivity contribution in [1.82, 2.24) is 4.72 Å². The van der Waals surface area contributed by atoms with E-state index in [0.717, 1.165) is 6.26 Å². The topological polar surface area (TPSA) is 63.2 Å². The van der Waals surface area contributed by atoms with E-state index in [1.54, 1.807) is 4.72 Å². The molecule has 4 nitrogen and oxygen atoms in total. The summed E-state index contributed by atoms with van der Waals surface area (Å²) >= 11 is 11.1. The van der Waals surface area contributed by atoms with E-state index < -0.39 is 26.2 Å². The van der Waals surface area contributed by atoms with Crippen molar-refractivity contribution >= 4 is 39.1 Å². The van der Waals surface area contributed by atoms with Gasteiger partial charge in [-0.25, -0.2) is 8.42 Å². The number of halogens is 2. The fraction of sp³-hybridized carbons (Fsp3) is 0.800. The highest BCUT2D eigenvalue weighted by molar-refractivity contribution is 7.89. The predicted octanol–water partition coefficient (Wildman–Crippen LogP) is 0.256. The lowest BCUT2D eigenvalue weighted by atomic mass is 10.4. The van der Waals surface area contributed by atoms with Crippen molar-refractivity contribution in [2.24, 2.45) is 5.92 Å². The molecule has 0 spiro atoms. The molecular formula is C5H7Cl2NO3S. The molecule has 70 valence electrons. The Hall–Kier alpha value is -0.000000000000000111. The van der Waals surface area contributed by atoms with Gasteiger partial charge < -0.3 is 0 Å². The van der Waals surface area contributed by atoms with Gasteiger partial charge in [-0.3, -0.25) is 9.52 Å². The Balaban J connectivity index is 2.54. The Morgan fingerprint density at radius 1 is 1.58 bits per heavy atom. The first-order chi connectivity index (χ1) is 5.22. The average molecular weight is 232 g/mol. The molecule has 7 heteroatoms. The number of rotatable bonds is 2. The number of hydrogen-bond donors (Lipinski definition) is 1. The molecule has 1 rings (SSSR count). The molecule has 0 bridgehead atoms. The fourth-order valence-electron chi connectivity index (χ4n) is 0.752. The van der Waals surface area contributed by atoms with Crippen LogP contribution in [0.4, 0.5) is 0 Å². The third kappa shape index (κ3) is 2.50. The van der Waals surface area contributed by atoms with E-state index in [0.29, 0.717) is 6.42 Å². The maximum Gasteiger partial charge on any atom is 0.239 e. The van der Waals surface area contributed by atoms with Gasteiger partial charge in [0.05, 0.1) is 12.2 Å². The number of hydrogen-bond acceptors (Lipinski definition) is 3. The van der Waals surface area contributed by atoms with Gasteiger partial charge in [0.2, 0.25) is 15.9 Å². The third-order valence-electron chi connectivity index (χ3n) is 1.43. The van der Waals surface area contributed by atoms with Gasteiger partial charge in [0, 0.05) is 0 Å². The van der Waals surface area contributed by atoms with Crippen LogP contribution in [0.2, 0.25) is 0 Å². The molecule has 1 N–H and O–H groups in total. The zero-order valence-electron chi connectivity index (χ0n) is 6.17. The summed E-state index contributed by atoms with van der Waals surface area (Å²) in [4.78, 5) is 11.0. The molecule has 12 heavy (non-hydrogen) atoms. The molecule has 0 radical (unpaired) electrons. The van der Waals surface area contributed by atoms with Crippen LogP contribution >= 0.6 is 23.2 Å². The molecule has 0 saturated heterocycles. The summed E-state index contributed by atoms with van der Waals surface area (Å²) < 4.78 is 21.9. The molecule has 1 saturated carbocycles. The smallest absolute Gasteiger partial charge is 0.239 e. The minimum Gasteiger partial charge on any atom is -0.274 e. The van der Waals surface area contributed by atoms with E-state index >= 15 is 0 Å². The van der Waals surface area contributed by atoms with Crippen molar-refractivity contribution in [1.29, 1.82) is 0 Å². The number of amides is 1. The fourth-order valence-corrected chi connectivity index (χ4v) is 1.77. The summed E-state index contributed by atoms with van der Waals surface area (Å²) in [5.41, 5.74) is 0. The maximum atomic E-state index is 11.0.